The van der Waals surface area contributed by atoms with E-state index in [4.69, 9.17) is 5.73 Å². The summed E-state index contributed by atoms with van der Waals surface area (Å²) in [5, 5.41) is 65.6. The van der Waals surface area contributed by atoms with Gasteiger partial charge < -0.3 is 36.4 Å². The third-order valence-electron chi connectivity index (χ3n) is 7.17. The first-order valence-corrected chi connectivity index (χ1v) is 11.3. The van der Waals surface area contributed by atoms with Crippen LogP contribution in [-0.2, 0) is 4.79 Å². The van der Waals surface area contributed by atoms with Crippen LogP contribution in [0.3, 0.4) is 0 Å². The lowest BCUT2D eigenvalue weighted by Crippen LogP contribution is -2.68. The molecule has 1 aromatic rings. The molecule has 1 unspecified atom stereocenters. The van der Waals surface area contributed by atoms with Gasteiger partial charge in [0.05, 0.1) is 32.8 Å². The predicted octanol–water partition coefficient (Wildman–Crippen LogP) is 0.0488. The molecule has 0 radical (unpaired) electrons. The Hall–Kier alpha value is -2.03. The zero-order chi connectivity index (χ0) is 24.7. The maximum atomic E-state index is 13.5. The van der Waals surface area contributed by atoms with Crippen molar-refractivity contribution < 1.29 is 40.2 Å². The monoisotopic (exact) mass is 572 g/mol. The summed E-state index contributed by atoms with van der Waals surface area (Å²) in [5.41, 5.74) is 1.89. The molecule has 3 aliphatic rings. The van der Waals surface area contributed by atoms with E-state index in [1.165, 1.54) is 19.0 Å². The maximum Gasteiger partial charge on any atom is 0.206 e. The van der Waals surface area contributed by atoms with Crippen molar-refractivity contribution in [3.8, 4) is 5.75 Å². The van der Waals surface area contributed by atoms with Crippen LogP contribution in [-0.4, -0.2) is 85.2 Å². The van der Waals surface area contributed by atoms with Gasteiger partial charge in [0.15, 0.2) is 11.4 Å². The fraction of sp³-hybridized carbons (Fsp3) is 0.455. The summed E-state index contributed by atoms with van der Waals surface area (Å²) in [6, 6.07) is 2.05. The van der Waals surface area contributed by atoms with Gasteiger partial charge in [-0.3, -0.25) is 14.5 Å². The van der Waals surface area contributed by atoms with E-state index in [0.717, 1.165) is 0 Å². The average Bonchev–Trinajstić information content (AvgIpc) is 2.72. The molecule has 0 heterocycles. The van der Waals surface area contributed by atoms with Crippen LogP contribution in [0, 0.1) is 15.4 Å². The molecule has 1 aromatic carbocycles. The summed E-state index contributed by atoms with van der Waals surface area (Å²) in [4.78, 5) is 28.2. The number of nitrogens with two attached hydrogens (primary N) is 1. The van der Waals surface area contributed by atoms with Crippen molar-refractivity contribution >= 4 is 34.2 Å². The highest BCUT2D eigenvalue weighted by molar-refractivity contribution is 14.1. The second-order valence-electron chi connectivity index (χ2n) is 9.03. The molecule has 0 saturated carbocycles. The number of halogens is 1. The summed E-state index contributed by atoms with van der Waals surface area (Å²) in [6.07, 6.45) is -3.55. The summed E-state index contributed by atoms with van der Waals surface area (Å²) in [6.45, 7) is 1.70. The Balaban J connectivity index is 2.05. The molecule has 33 heavy (non-hydrogen) atoms. The Morgan fingerprint density at radius 2 is 1.79 bits per heavy atom. The third-order valence-corrected chi connectivity index (χ3v) is 8.04. The average molecular weight is 572 g/mol. The Bertz CT molecular complexity index is 1140. The van der Waals surface area contributed by atoms with Crippen LogP contribution in [0.25, 0.3) is 0 Å². The number of nitrogens with zero attached hydrogens (tertiary/aromatic N) is 1. The van der Waals surface area contributed by atoms with Crippen molar-refractivity contribution in [2.24, 2.45) is 17.6 Å². The van der Waals surface area contributed by atoms with Gasteiger partial charge in [-0.2, -0.15) is 0 Å². The van der Waals surface area contributed by atoms with Gasteiger partial charge in [-0.25, -0.2) is 0 Å². The molecule has 11 heteroatoms. The van der Waals surface area contributed by atoms with E-state index in [1.54, 1.807) is 19.1 Å². The second-order valence-corrected chi connectivity index (χ2v) is 10.2. The molecule has 0 aromatic heterocycles. The molecule has 7 atom stereocenters. The number of aromatic hydroxyl groups is 1. The van der Waals surface area contributed by atoms with E-state index in [2.05, 4.69) is 0 Å². The van der Waals surface area contributed by atoms with Crippen molar-refractivity contribution in [3.05, 3.63) is 49.5 Å². The van der Waals surface area contributed by atoms with Gasteiger partial charge in [-0.1, -0.05) is 13.0 Å². The van der Waals surface area contributed by atoms with Gasteiger partial charge in [-0.05, 0) is 54.2 Å². The number of hydrogen-bond acceptors (Lipinski definition) is 10. The van der Waals surface area contributed by atoms with Crippen molar-refractivity contribution in [1.82, 2.24) is 4.90 Å². The number of likely N-dealkylation sites (N-methyl/N-ethyl adjacent to an activating group) is 1. The summed E-state index contributed by atoms with van der Waals surface area (Å²) in [7, 11) is 3.04. The maximum absolute atomic E-state index is 13.5. The number of fused-ring (bicyclic) bond motifs is 3. The minimum absolute atomic E-state index is 0.0775. The van der Waals surface area contributed by atoms with Gasteiger partial charge >= 0.3 is 0 Å². The molecule has 10 nitrogen and oxygen atoms in total. The van der Waals surface area contributed by atoms with Gasteiger partial charge in [-0.15, -0.1) is 0 Å². The highest BCUT2D eigenvalue weighted by Gasteiger charge is 2.67. The molecule has 178 valence electrons. The quantitative estimate of drug-likeness (QED) is 0.189. The Morgan fingerprint density at radius 1 is 1.18 bits per heavy atom. The van der Waals surface area contributed by atoms with Crippen LogP contribution >= 0.6 is 22.6 Å². The zero-order valence-corrected chi connectivity index (χ0v) is 20.2. The van der Waals surface area contributed by atoms with Gasteiger partial charge in [0, 0.05) is 11.5 Å². The second kappa shape index (κ2) is 7.75. The number of hydrogen-bond donors (Lipinski definition) is 7. The molecule has 4 rings (SSSR count). The van der Waals surface area contributed by atoms with Gasteiger partial charge in [0.1, 0.15) is 23.5 Å². The number of phenolic OH excluding ortho intramolecular Hbond substituents is 1. The van der Waals surface area contributed by atoms with E-state index in [1.807, 2.05) is 22.6 Å². The Morgan fingerprint density at radius 3 is 2.33 bits per heavy atom. The largest absolute Gasteiger partial charge is 0.510 e. The Labute approximate surface area is 202 Å². The molecule has 0 aliphatic heterocycles. The lowest BCUT2D eigenvalue weighted by molar-refractivity contribution is -0.162. The normalized spacial score (nSPS) is 34.9. The summed E-state index contributed by atoms with van der Waals surface area (Å²) < 4.78 is 0.390. The van der Waals surface area contributed by atoms with Crippen LogP contribution in [0.2, 0.25) is 0 Å². The third kappa shape index (κ3) is 2.96. The number of phenols is 1. The standard InChI is InChI=1S/C22H25IN2O8/c1-6-7-4-5-8(23)15(26)10(7)16(27)11-9(6)17(28)13-14(25(2)3)18(29)12(21(24)32)20(31)22(13,33)19(11)30/h4-6,9,13-14,17,21,26,28-30,32-33H,24H2,1-3H3/t6-,9+,13+,14-,17-,21?,22-/m0/s1. The van der Waals surface area contributed by atoms with Crippen LogP contribution < -0.4 is 5.73 Å². The number of benzene rings is 1. The SMILES string of the molecule is C[C@H]1c2ccc(I)c(O)c2C(=O)C2=C(O)[C@]3(O)C(=O)C(C(N)O)=C(O)[C@@H](N(C)C)[C@@H]3[C@@H](O)[C@@H]21. The molecule has 0 spiro atoms. The van der Waals surface area contributed by atoms with E-state index in [9.17, 15) is 40.2 Å². The van der Waals surface area contributed by atoms with Crippen LogP contribution in [0.5, 0.6) is 5.75 Å². The highest BCUT2D eigenvalue weighted by Crippen LogP contribution is 2.55. The topological polar surface area (TPSA) is 185 Å². The first-order chi connectivity index (χ1) is 15.3. The van der Waals surface area contributed by atoms with Crippen LogP contribution in [0.15, 0.2) is 34.8 Å². The molecule has 0 bridgehead atoms. The minimum atomic E-state index is -2.84. The molecule has 0 saturated heterocycles. The fourth-order valence-electron chi connectivity index (χ4n) is 5.67. The van der Waals surface area contributed by atoms with Crippen LogP contribution in [0.1, 0.15) is 28.8 Å². The minimum Gasteiger partial charge on any atom is -0.510 e. The number of aliphatic hydroxyl groups excluding tert-OH is 4. The molecular weight excluding hydrogens is 547 g/mol. The van der Waals surface area contributed by atoms with Crippen molar-refractivity contribution in [2.75, 3.05) is 14.1 Å². The number of ketones is 2. The predicted molar refractivity (Wildman–Crippen MR) is 123 cm³/mol. The molecular formula is C22H25IN2O8. The summed E-state index contributed by atoms with van der Waals surface area (Å²) in [5.74, 6) is -7.16. The van der Waals surface area contributed by atoms with E-state index in [0.29, 0.717) is 9.13 Å². The summed E-state index contributed by atoms with van der Waals surface area (Å²) >= 11 is 1.85. The zero-order valence-electron chi connectivity index (χ0n) is 18.0. The fourth-order valence-corrected chi connectivity index (χ4v) is 6.12. The Kier molecular flexibility index (Phi) is 5.66. The van der Waals surface area contributed by atoms with Gasteiger partial charge in [0.2, 0.25) is 5.78 Å². The van der Waals surface area contributed by atoms with E-state index >= 15 is 0 Å². The van der Waals surface area contributed by atoms with E-state index in [-0.39, 0.29) is 11.3 Å². The smallest absolute Gasteiger partial charge is 0.206 e. The van der Waals surface area contributed by atoms with Gasteiger partial charge in [0.25, 0.3) is 0 Å². The molecule has 0 fully saturated rings. The lowest BCUT2D eigenvalue weighted by atomic mass is 9.55. The molecule has 0 amide bonds. The first kappa shape index (κ1) is 24.1. The highest BCUT2D eigenvalue weighted by atomic mass is 127. The molecule has 3 aliphatic carbocycles. The van der Waals surface area contributed by atoms with Crippen molar-refractivity contribution in [2.45, 2.75) is 36.8 Å². The first-order valence-electron chi connectivity index (χ1n) is 10.3. The molecule has 8 N–H and O–H groups in total. The van der Waals surface area contributed by atoms with E-state index < -0.39 is 76.0 Å². The number of aliphatic hydroxyl groups is 5. The van der Waals surface area contributed by atoms with Crippen molar-refractivity contribution in [3.63, 3.8) is 0 Å². The number of rotatable bonds is 2. The lowest BCUT2D eigenvalue weighted by Gasteiger charge is -2.54. The van der Waals surface area contributed by atoms with Crippen molar-refractivity contribution in [1.29, 1.82) is 0 Å². The number of Topliss-reactive ketones (excluding diaryl/α,β-unsaturated/α-hetero) is 2. The number of carbonyl (C=O) groups excluding carboxylic acids is 2. The number of carbonyl (C=O) groups is 2. The van der Waals surface area contributed by atoms with Crippen LogP contribution in [0.4, 0.5) is 0 Å².